The summed E-state index contributed by atoms with van der Waals surface area (Å²) in [6, 6.07) is 5.96. The second-order valence-corrected chi connectivity index (χ2v) is 5.38. The fourth-order valence-electron chi connectivity index (χ4n) is 2.45. The molecule has 1 saturated heterocycles. The van der Waals surface area contributed by atoms with Crippen LogP contribution in [-0.4, -0.2) is 55.6 Å². The Kier molecular flexibility index (Phi) is 3.78. The molecule has 5 heteroatoms. The van der Waals surface area contributed by atoms with Gasteiger partial charge in [0.15, 0.2) is 11.5 Å². The lowest BCUT2D eigenvalue weighted by atomic mass is 10.1. The van der Waals surface area contributed by atoms with Gasteiger partial charge in [0.05, 0.1) is 6.54 Å². The largest absolute Gasteiger partial charge is 0.486 e. The lowest BCUT2D eigenvalue weighted by Gasteiger charge is -2.32. The first-order valence-electron chi connectivity index (χ1n) is 7.07. The minimum atomic E-state index is 0.219. The Bertz CT molecular complexity index is 500. The van der Waals surface area contributed by atoms with Crippen molar-refractivity contribution in [3.63, 3.8) is 0 Å². The minimum absolute atomic E-state index is 0.219. The van der Waals surface area contributed by atoms with E-state index in [-0.39, 0.29) is 5.91 Å². The quantitative estimate of drug-likeness (QED) is 0.826. The van der Waals surface area contributed by atoms with Crippen LogP contribution in [0, 0.1) is 0 Å². The Morgan fingerprint density at radius 1 is 1.25 bits per heavy atom. The molecule has 0 atom stereocenters. The number of benzene rings is 1. The first kappa shape index (κ1) is 13.2. The molecule has 1 amide bonds. The number of fused-ring (bicyclic) bond motifs is 1. The van der Waals surface area contributed by atoms with Crippen molar-refractivity contribution in [2.45, 2.75) is 13.0 Å². The summed E-state index contributed by atoms with van der Waals surface area (Å²) in [5.41, 5.74) is 1.13. The second kappa shape index (κ2) is 5.71. The average Bonchev–Trinajstić information content (AvgIpc) is 2.36. The molecule has 0 saturated carbocycles. The van der Waals surface area contributed by atoms with E-state index in [1.807, 2.05) is 35.0 Å². The summed E-state index contributed by atoms with van der Waals surface area (Å²) in [4.78, 5) is 15.8. The van der Waals surface area contributed by atoms with Crippen molar-refractivity contribution in [2.75, 3.05) is 39.9 Å². The Balaban J connectivity index is 1.57. The molecule has 1 fully saturated rings. The summed E-state index contributed by atoms with van der Waals surface area (Å²) in [5, 5.41) is 0. The smallest absolute Gasteiger partial charge is 0.236 e. The average molecular weight is 276 g/mol. The van der Waals surface area contributed by atoms with Crippen molar-refractivity contribution >= 4 is 5.91 Å². The summed E-state index contributed by atoms with van der Waals surface area (Å²) in [7, 11) is 1.97. The Hall–Kier alpha value is -1.75. The van der Waals surface area contributed by atoms with E-state index < -0.39 is 0 Å². The molecule has 0 bridgehead atoms. The molecule has 1 aromatic carbocycles. The molecule has 0 spiro atoms. The molecule has 1 aromatic rings. The fraction of sp³-hybridized carbons (Fsp3) is 0.533. The molecule has 20 heavy (non-hydrogen) atoms. The van der Waals surface area contributed by atoms with Crippen molar-refractivity contribution in [3.8, 4) is 11.5 Å². The van der Waals surface area contributed by atoms with Crippen LogP contribution in [-0.2, 0) is 11.3 Å². The van der Waals surface area contributed by atoms with Gasteiger partial charge in [-0.05, 0) is 31.2 Å². The summed E-state index contributed by atoms with van der Waals surface area (Å²) < 4.78 is 11.1. The number of carbonyl (C=O) groups is 1. The number of hydrogen-bond donors (Lipinski definition) is 0. The van der Waals surface area contributed by atoms with Gasteiger partial charge in [0.2, 0.25) is 5.91 Å². The van der Waals surface area contributed by atoms with Gasteiger partial charge < -0.3 is 14.4 Å². The number of likely N-dealkylation sites (tertiary alicyclic amines) is 1. The van der Waals surface area contributed by atoms with Crippen LogP contribution in [0.1, 0.15) is 12.0 Å². The maximum atomic E-state index is 11.9. The fourth-order valence-corrected chi connectivity index (χ4v) is 2.45. The Labute approximate surface area is 119 Å². The number of amides is 1. The van der Waals surface area contributed by atoms with Crippen LogP contribution in [0.5, 0.6) is 11.5 Å². The lowest BCUT2D eigenvalue weighted by Crippen LogP contribution is -2.46. The highest BCUT2D eigenvalue weighted by molar-refractivity contribution is 5.78. The molecule has 0 aliphatic carbocycles. The van der Waals surface area contributed by atoms with E-state index in [1.54, 1.807) is 0 Å². The van der Waals surface area contributed by atoms with Gasteiger partial charge in [-0.3, -0.25) is 9.69 Å². The third-order valence-electron chi connectivity index (χ3n) is 3.67. The number of nitrogens with zero attached hydrogens (tertiary/aromatic N) is 2. The van der Waals surface area contributed by atoms with Crippen LogP contribution >= 0.6 is 0 Å². The Morgan fingerprint density at radius 2 is 2.00 bits per heavy atom. The van der Waals surface area contributed by atoms with Crippen LogP contribution < -0.4 is 9.47 Å². The zero-order chi connectivity index (χ0) is 13.9. The van der Waals surface area contributed by atoms with Gasteiger partial charge in [0.25, 0.3) is 0 Å². The number of rotatable bonds is 4. The highest BCUT2D eigenvalue weighted by Gasteiger charge is 2.21. The maximum Gasteiger partial charge on any atom is 0.236 e. The second-order valence-electron chi connectivity index (χ2n) is 5.38. The highest BCUT2D eigenvalue weighted by Crippen LogP contribution is 2.31. The van der Waals surface area contributed by atoms with E-state index in [0.29, 0.717) is 19.8 Å². The Morgan fingerprint density at radius 3 is 2.70 bits per heavy atom. The molecule has 2 aliphatic heterocycles. The molecule has 3 rings (SSSR count). The summed E-state index contributed by atoms with van der Waals surface area (Å²) in [6.45, 7) is 4.23. The molecule has 0 aromatic heterocycles. The molecular weight excluding hydrogens is 256 g/mol. The van der Waals surface area contributed by atoms with Crippen molar-refractivity contribution in [3.05, 3.63) is 23.8 Å². The van der Waals surface area contributed by atoms with Gasteiger partial charge in [0.1, 0.15) is 13.2 Å². The SMILES string of the molecule is CN(CC(=O)N1CCC1)Cc1ccc2c(c1)OCCO2. The molecule has 108 valence electrons. The van der Waals surface area contributed by atoms with Crippen molar-refractivity contribution in [1.29, 1.82) is 0 Å². The van der Waals surface area contributed by atoms with E-state index in [1.165, 1.54) is 0 Å². The van der Waals surface area contributed by atoms with Crippen LogP contribution in [0.3, 0.4) is 0 Å². The van der Waals surface area contributed by atoms with Gasteiger partial charge in [-0.1, -0.05) is 6.07 Å². The molecule has 2 heterocycles. The number of likely N-dealkylation sites (N-methyl/N-ethyl adjacent to an activating group) is 1. The molecular formula is C15H20N2O3. The number of hydrogen-bond acceptors (Lipinski definition) is 4. The maximum absolute atomic E-state index is 11.9. The lowest BCUT2D eigenvalue weighted by molar-refractivity contribution is -0.135. The van der Waals surface area contributed by atoms with E-state index >= 15 is 0 Å². The summed E-state index contributed by atoms with van der Waals surface area (Å²) >= 11 is 0. The van der Waals surface area contributed by atoms with E-state index in [0.717, 1.165) is 43.1 Å². The van der Waals surface area contributed by atoms with Gasteiger partial charge in [-0.25, -0.2) is 0 Å². The summed E-state index contributed by atoms with van der Waals surface area (Å²) in [5.74, 6) is 1.83. The summed E-state index contributed by atoms with van der Waals surface area (Å²) in [6.07, 6.45) is 1.14. The van der Waals surface area contributed by atoms with Gasteiger partial charge in [-0.2, -0.15) is 0 Å². The zero-order valence-corrected chi connectivity index (χ0v) is 11.8. The van der Waals surface area contributed by atoms with E-state index in [4.69, 9.17) is 9.47 Å². The monoisotopic (exact) mass is 276 g/mol. The van der Waals surface area contributed by atoms with E-state index in [9.17, 15) is 4.79 Å². The van der Waals surface area contributed by atoms with Crippen LogP contribution in [0.2, 0.25) is 0 Å². The van der Waals surface area contributed by atoms with Crippen molar-refractivity contribution in [2.24, 2.45) is 0 Å². The van der Waals surface area contributed by atoms with Crippen LogP contribution in [0.4, 0.5) is 0 Å². The number of ether oxygens (including phenoxy) is 2. The third kappa shape index (κ3) is 2.88. The molecule has 5 nitrogen and oxygen atoms in total. The predicted octanol–water partition coefficient (Wildman–Crippen LogP) is 1.12. The van der Waals surface area contributed by atoms with Gasteiger partial charge in [-0.15, -0.1) is 0 Å². The van der Waals surface area contributed by atoms with Crippen LogP contribution in [0.25, 0.3) is 0 Å². The first-order chi connectivity index (χ1) is 9.72. The zero-order valence-electron chi connectivity index (χ0n) is 11.8. The van der Waals surface area contributed by atoms with Crippen molar-refractivity contribution in [1.82, 2.24) is 9.80 Å². The first-order valence-corrected chi connectivity index (χ1v) is 7.07. The van der Waals surface area contributed by atoms with Crippen molar-refractivity contribution < 1.29 is 14.3 Å². The topological polar surface area (TPSA) is 42.0 Å². The number of carbonyl (C=O) groups excluding carboxylic acids is 1. The highest BCUT2D eigenvalue weighted by atomic mass is 16.6. The minimum Gasteiger partial charge on any atom is -0.486 e. The molecule has 0 radical (unpaired) electrons. The molecule has 0 unspecified atom stereocenters. The standard InChI is InChI=1S/C15H20N2O3/c1-16(11-15(18)17-5-2-6-17)10-12-3-4-13-14(9-12)20-8-7-19-13/h3-4,9H,2,5-8,10-11H2,1H3. The normalized spacial score (nSPS) is 17.0. The molecule has 2 aliphatic rings. The molecule has 0 N–H and O–H groups in total. The third-order valence-corrected chi connectivity index (χ3v) is 3.67. The van der Waals surface area contributed by atoms with Crippen LogP contribution in [0.15, 0.2) is 18.2 Å². The predicted molar refractivity (Wildman–Crippen MR) is 75.0 cm³/mol. The van der Waals surface area contributed by atoms with Gasteiger partial charge >= 0.3 is 0 Å². The van der Waals surface area contributed by atoms with Gasteiger partial charge in [0, 0.05) is 19.6 Å². The van der Waals surface area contributed by atoms with E-state index in [2.05, 4.69) is 0 Å².